The smallest absolute Gasteiger partial charge is 0.258 e. The number of nitrogen functional groups attached to an aromatic ring is 1. The zero-order valence-corrected chi connectivity index (χ0v) is 11.6. The highest BCUT2D eigenvalue weighted by Gasteiger charge is 2.13. The third kappa shape index (κ3) is 2.53. The van der Waals surface area contributed by atoms with Crippen molar-refractivity contribution >= 4 is 5.69 Å². The second-order valence-corrected chi connectivity index (χ2v) is 4.44. The third-order valence-electron chi connectivity index (χ3n) is 3.03. The van der Waals surface area contributed by atoms with Gasteiger partial charge < -0.3 is 15.0 Å². The molecule has 0 radical (unpaired) electrons. The van der Waals surface area contributed by atoms with E-state index in [0.717, 1.165) is 11.1 Å². The quantitative estimate of drug-likeness (QED) is 0.734. The molecule has 106 valence electrons. The predicted octanol–water partition coefficient (Wildman–Crippen LogP) is 2.09. The summed E-state index contributed by atoms with van der Waals surface area (Å²) in [5.74, 6) is 1.19. The van der Waals surface area contributed by atoms with Gasteiger partial charge in [0.15, 0.2) is 0 Å². The van der Waals surface area contributed by atoms with Gasteiger partial charge in [0, 0.05) is 17.3 Å². The maximum atomic E-state index is 5.89. The first-order valence-electron chi connectivity index (χ1n) is 6.24. The summed E-state index contributed by atoms with van der Waals surface area (Å²) in [6, 6.07) is 7.22. The lowest BCUT2D eigenvalue weighted by atomic mass is 10.1. The van der Waals surface area contributed by atoms with Crippen LogP contribution in [0.3, 0.4) is 0 Å². The number of benzene rings is 1. The zero-order valence-electron chi connectivity index (χ0n) is 11.6. The molecule has 0 amide bonds. The van der Waals surface area contributed by atoms with Crippen molar-refractivity contribution in [2.24, 2.45) is 0 Å². The van der Waals surface area contributed by atoms with E-state index in [0.29, 0.717) is 29.0 Å². The van der Waals surface area contributed by atoms with Crippen LogP contribution in [0.25, 0.3) is 23.0 Å². The van der Waals surface area contributed by atoms with Crippen LogP contribution in [0.15, 0.2) is 35.1 Å². The summed E-state index contributed by atoms with van der Waals surface area (Å²) in [7, 11) is 1.53. The van der Waals surface area contributed by atoms with Crippen molar-refractivity contribution in [1.29, 1.82) is 0 Å². The fourth-order valence-corrected chi connectivity index (χ4v) is 1.79. The molecule has 0 saturated carbocycles. The summed E-state index contributed by atoms with van der Waals surface area (Å²) in [4.78, 5) is 12.3. The molecule has 0 aliphatic rings. The molecule has 2 N–H and O–H groups in total. The Hall–Kier alpha value is -2.96. The molecule has 0 unspecified atom stereocenters. The van der Waals surface area contributed by atoms with E-state index in [4.69, 9.17) is 15.0 Å². The average Bonchev–Trinajstić information content (AvgIpc) is 3.00. The highest BCUT2D eigenvalue weighted by molar-refractivity contribution is 5.64. The van der Waals surface area contributed by atoms with Crippen molar-refractivity contribution < 1.29 is 9.26 Å². The van der Waals surface area contributed by atoms with Crippen molar-refractivity contribution in [3.8, 4) is 28.9 Å². The fraction of sp³-hybridized carbons (Fsp3) is 0.143. The van der Waals surface area contributed by atoms with Crippen molar-refractivity contribution in [1.82, 2.24) is 20.1 Å². The van der Waals surface area contributed by atoms with E-state index >= 15 is 0 Å². The Morgan fingerprint density at radius 3 is 2.81 bits per heavy atom. The molecule has 0 spiro atoms. The molecule has 0 fully saturated rings. The summed E-state index contributed by atoms with van der Waals surface area (Å²) in [6.45, 7) is 1.94. The van der Waals surface area contributed by atoms with Gasteiger partial charge >= 0.3 is 0 Å². The molecule has 2 aromatic heterocycles. The van der Waals surface area contributed by atoms with Crippen LogP contribution in [-0.4, -0.2) is 27.2 Å². The zero-order chi connectivity index (χ0) is 14.8. The Morgan fingerprint density at radius 1 is 1.19 bits per heavy atom. The Labute approximate surface area is 120 Å². The number of hydrogen-bond acceptors (Lipinski definition) is 7. The topological polar surface area (TPSA) is 100.0 Å². The molecule has 0 saturated heterocycles. The number of methoxy groups -OCH3 is 1. The number of rotatable bonds is 3. The Kier molecular flexibility index (Phi) is 3.23. The Bertz CT molecular complexity index is 785. The Morgan fingerprint density at radius 2 is 2.05 bits per heavy atom. The minimum Gasteiger partial charge on any atom is -0.481 e. The molecule has 3 aromatic rings. The van der Waals surface area contributed by atoms with Crippen molar-refractivity contribution in [3.63, 3.8) is 0 Å². The van der Waals surface area contributed by atoms with Gasteiger partial charge in [-0.1, -0.05) is 11.2 Å². The standard InChI is InChI=1S/C14H13N5O2/c1-8-3-4-9(5-10(8)15)14-18-13(19-21-14)11-6-12(20-2)17-7-16-11/h3-7H,15H2,1-2H3. The lowest BCUT2D eigenvalue weighted by Gasteiger charge is -2.00. The molecule has 0 aliphatic heterocycles. The molecule has 7 nitrogen and oxygen atoms in total. The van der Waals surface area contributed by atoms with Crippen molar-refractivity contribution in [3.05, 3.63) is 36.2 Å². The average molecular weight is 283 g/mol. The monoisotopic (exact) mass is 283 g/mol. The molecule has 21 heavy (non-hydrogen) atoms. The number of aromatic nitrogens is 4. The van der Waals surface area contributed by atoms with Gasteiger partial charge in [0.25, 0.3) is 5.89 Å². The van der Waals surface area contributed by atoms with Crippen LogP contribution in [0.5, 0.6) is 5.88 Å². The van der Waals surface area contributed by atoms with Gasteiger partial charge in [0.05, 0.1) is 7.11 Å². The lowest BCUT2D eigenvalue weighted by Crippen LogP contribution is -1.92. The molecular formula is C14H13N5O2. The first kappa shape index (κ1) is 13.0. The summed E-state index contributed by atoms with van der Waals surface area (Å²) < 4.78 is 10.3. The van der Waals surface area contributed by atoms with Crippen molar-refractivity contribution in [2.45, 2.75) is 6.92 Å². The molecule has 7 heteroatoms. The molecule has 3 rings (SSSR count). The fourth-order valence-electron chi connectivity index (χ4n) is 1.79. The van der Waals surface area contributed by atoms with Gasteiger partial charge in [-0.15, -0.1) is 0 Å². The second-order valence-electron chi connectivity index (χ2n) is 4.44. The first-order valence-corrected chi connectivity index (χ1v) is 6.24. The van der Waals surface area contributed by atoms with E-state index in [-0.39, 0.29) is 0 Å². The maximum Gasteiger partial charge on any atom is 0.258 e. The summed E-state index contributed by atoms with van der Waals surface area (Å²) >= 11 is 0. The van der Waals surface area contributed by atoms with Gasteiger partial charge in [0.1, 0.15) is 12.0 Å². The van der Waals surface area contributed by atoms with Gasteiger partial charge in [0.2, 0.25) is 11.7 Å². The SMILES string of the molecule is COc1cc(-c2noc(-c3ccc(C)c(N)c3)n2)ncn1. The van der Waals surface area contributed by atoms with Crippen LogP contribution < -0.4 is 10.5 Å². The molecule has 0 atom stereocenters. The normalized spacial score (nSPS) is 10.6. The lowest BCUT2D eigenvalue weighted by molar-refractivity contribution is 0.397. The molecule has 2 heterocycles. The van der Waals surface area contributed by atoms with Crippen LogP contribution in [-0.2, 0) is 0 Å². The molecule has 0 aliphatic carbocycles. The van der Waals surface area contributed by atoms with E-state index in [1.54, 1.807) is 12.1 Å². The van der Waals surface area contributed by atoms with Gasteiger partial charge in [-0.25, -0.2) is 9.97 Å². The largest absolute Gasteiger partial charge is 0.481 e. The van der Waals surface area contributed by atoms with Crippen LogP contribution in [0.4, 0.5) is 5.69 Å². The van der Waals surface area contributed by atoms with Gasteiger partial charge in [-0.3, -0.25) is 0 Å². The minimum atomic E-state index is 0.366. The minimum absolute atomic E-state index is 0.366. The molecule has 0 bridgehead atoms. The van der Waals surface area contributed by atoms with E-state index in [1.165, 1.54) is 13.4 Å². The van der Waals surface area contributed by atoms with Crippen LogP contribution >= 0.6 is 0 Å². The number of nitrogens with zero attached hydrogens (tertiary/aromatic N) is 4. The van der Waals surface area contributed by atoms with E-state index in [9.17, 15) is 0 Å². The number of anilines is 1. The molecular weight excluding hydrogens is 270 g/mol. The van der Waals surface area contributed by atoms with E-state index in [1.807, 2.05) is 19.1 Å². The number of aryl methyl sites for hydroxylation is 1. The van der Waals surface area contributed by atoms with E-state index < -0.39 is 0 Å². The highest BCUT2D eigenvalue weighted by atomic mass is 16.5. The van der Waals surface area contributed by atoms with Crippen molar-refractivity contribution in [2.75, 3.05) is 12.8 Å². The van der Waals surface area contributed by atoms with Crippen LogP contribution in [0.2, 0.25) is 0 Å². The first-order chi connectivity index (χ1) is 10.2. The predicted molar refractivity (Wildman–Crippen MR) is 76.5 cm³/mol. The van der Waals surface area contributed by atoms with Crippen LogP contribution in [0.1, 0.15) is 5.56 Å². The Balaban J connectivity index is 1.97. The number of ether oxygens (including phenoxy) is 1. The summed E-state index contributed by atoms with van der Waals surface area (Å²) in [6.07, 6.45) is 1.38. The van der Waals surface area contributed by atoms with Gasteiger partial charge in [-0.05, 0) is 24.6 Å². The van der Waals surface area contributed by atoms with Gasteiger partial charge in [-0.2, -0.15) is 4.98 Å². The van der Waals surface area contributed by atoms with Crippen LogP contribution in [0, 0.1) is 6.92 Å². The number of hydrogen-bond donors (Lipinski definition) is 1. The maximum absolute atomic E-state index is 5.89. The molecule has 1 aromatic carbocycles. The highest BCUT2D eigenvalue weighted by Crippen LogP contribution is 2.25. The summed E-state index contributed by atoms with van der Waals surface area (Å²) in [5, 5.41) is 3.92. The summed E-state index contributed by atoms with van der Waals surface area (Å²) in [5.41, 5.74) is 8.85. The van der Waals surface area contributed by atoms with E-state index in [2.05, 4.69) is 20.1 Å². The third-order valence-corrected chi connectivity index (χ3v) is 3.03. The second kappa shape index (κ2) is 5.20. The number of nitrogens with two attached hydrogens (primary N) is 1.